The molecule has 0 radical (unpaired) electrons. The molecular weight excluding hydrogens is 352 g/mol. The van der Waals surface area contributed by atoms with Gasteiger partial charge in [-0.05, 0) is 64.5 Å². The van der Waals surface area contributed by atoms with Gasteiger partial charge in [0.15, 0.2) is 5.78 Å². The van der Waals surface area contributed by atoms with Gasteiger partial charge in [-0.3, -0.25) is 4.79 Å². The molecule has 5 heteroatoms. The third-order valence-corrected chi connectivity index (χ3v) is 5.83. The molecule has 1 unspecified atom stereocenters. The van der Waals surface area contributed by atoms with Crippen LogP contribution in [0, 0.1) is 5.92 Å². The summed E-state index contributed by atoms with van der Waals surface area (Å²) >= 11 is 0. The van der Waals surface area contributed by atoms with Crippen LogP contribution in [0.25, 0.3) is 0 Å². The number of Topliss-reactive ketones (excluding diaryl/α,β-unsaturated/α-hetero) is 1. The fourth-order valence-corrected chi connectivity index (χ4v) is 4.63. The normalized spacial score (nSPS) is 23.8. The topological polar surface area (TPSA) is 50.8 Å². The molecule has 5 nitrogen and oxygen atoms in total. The molecule has 0 saturated carbocycles. The van der Waals surface area contributed by atoms with E-state index >= 15 is 0 Å². The highest BCUT2D eigenvalue weighted by molar-refractivity contribution is 5.96. The van der Waals surface area contributed by atoms with E-state index in [0.717, 1.165) is 44.0 Å². The van der Waals surface area contributed by atoms with Gasteiger partial charge in [0.25, 0.3) is 0 Å². The lowest BCUT2D eigenvalue weighted by atomic mass is 9.74. The maximum atomic E-state index is 12.8. The molecule has 0 spiro atoms. The first-order valence-electron chi connectivity index (χ1n) is 10.2. The maximum Gasteiger partial charge on any atom is 0.162 e. The number of rotatable bonds is 6. The number of hydrogen-bond acceptors (Lipinski definition) is 5. The summed E-state index contributed by atoms with van der Waals surface area (Å²) in [5.74, 6) is 1.24. The number of methoxy groups -OCH3 is 1. The quantitative estimate of drug-likeness (QED) is 0.757. The number of carbonyl (C=O) groups excluding carboxylic acids is 1. The zero-order chi connectivity index (χ0) is 20.4. The first-order valence-corrected chi connectivity index (χ1v) is 10.2. The van der Waals surface area contributed by atoms with Gasteiger partial charge in [0.2, 0.25) is 0 Å². The molecule has 1 N–H and O–H groups in total. The van der Waals surface area contributed by atoms with E-state index in [0.29, 0.717) is 6.42 Å². The molecule has 1 aromatic carbocycles. The average Bonchev–Trinajstić information content (AvgIpc) is 2.66. The Balaban J connectivity index is 1.77. The predicted molar refractivity (Wildman–Crippen MR) is 112 cm³/mol. The smallest absolute Gasteiger partial charge is 0.162 e. The van der Waals surface area contributed by atoms with Crippen LogP contribution in [0.4, 0.5) is 0 Å². The number of benzene rings is 1. The van der Waals surface area contributed by atoms with Crippen LogP contribution in [0.2, 0.25) is 0 Å². The van der Waals surface area contributed by atoms with Gasteiger partial charge in [0.05, 0.1) is 20.3 Å². The predicted octanol–water partition coefficient (Wildman–Crippen LogP) is 3.65. The van der Waals surface area contributed by atoms with E-state index in [-0.39, 0.29) is 22.8 Å². The van der Waals surface area contributed by atoms with Crippen molar-refractivity contribution >= 4 is 5.78 Å². The molecule has 2 aliphatic rings. The second-order valence-corrected chi connectivity index (χ2v) is 8.98. The van der Waals surface area contributed by atoms with Gasteiger partial charge in [0, 0.05) is 47.8 Å². The Labute approximate surface area is 169 Å². The van der Waals surface area contributed by atoms with Gasteiger partial charge in [-0.2, -0.15) is 0 Å². The van der Waals surface area contributed by atoms with Crippen molar-refractivity contribution in [1.29, 1.82) is 0 Å². The number of nitrogens with zero attached hydrogens (tertiary/aromatic N) is 1. The van der Waals surface area contributed by atoms with Crippen LogP contribution in [0.1, 0.15) is 50.9 Å². The minimum absolute atomic E-state index is 0.0758. The van der Waals surface area contributed by atoms with Crippen molar-refractivity contribution in [2.24, 2.45) is 5.92 Å². The van der Waals surface area contributed by atoms with E-state index < -0.39 is 0 Å². The number of ether oxygens (including phenoxy) is 2. The molecule has 1 saturated heterocycles. The molecule has 1 atom stereocenters. The highest BCUT2D eigenvalue weighted by Gasteiger charge is 2.42. The van der Waals surface area contributed by atoms with Crippen LogP contribution >= 0.6 is 0 Å². The molecule has 154 valence electrons. The summed E-state index contributed by atoms with van der Waals surface area (Å²) in [5.41, 5.74) is 1.94. The Morgan fingerprint density at radius 2 is 1.82 bits per heavy atom. The van der Waals surface area contributed by atoms with Crippen molar-refractivity contribution in [1.82, 2.24) is 10.2 Å². The molecule has 2 aliphatic heterocycles. The maximum absolute atomic E-state index is 12.8. The summed E-state index contributed by atoms with van der Waals surface area (Å²) in [4.78, 5) is 15.2. The van der Waals surface area contributed by atoms with E-state index in [4.69, 9.17) is 9.47 Å². The van der Waals surface area contributed by atoms with Crippen LogP contribution in [-0.4, -0.2) is 55.2 Å². The minimum atomic E-state index is -0.0912. The Bertz CT molecular complexity index is 716. The van der Waals surface area contributed by atoms with Crippen molar-refractivity contribution in [3.63, 3.8) is 0 Å². The summed E-state index contributed by atoms with van der Waals surface area (Å²) in [6.07, 6.45) is 3.71. The van der Waals surface area contributed by atoms with Crippen LogP contribution in [-0.2, 0) is 4.74 Å². The highest BCUT2D eigenvalue weighted by Crippen LogP contribution is 2.38. The molecule has 0 aliphatic carbocycles. The lowest BCUT2D eigenvalue weighted by Gasteiger charge is -2.50. The van der Waals surface area contributed by atoms with Crippen LogP contribution in [0.3, 0.4) is 0 Å². The molecule has 28 heavy (non-hydrogen) atoms. The Morgan fingerprint density at radius 3 is 2.43 bits per heavy atom. The van der Waals surface area contributed by atoms with E-state index in [1.165, 1.54) is 5.70 Å². The van der Waals surface area contributed by atoms with Gasteiger partial charge in [-0.15, -0.1) is 0 Å². The zero-order valence-corrected chi connectivity index (χ0v) is 17.9. The van der Waals surface area contributed by atoms with Crippen molar-refractivity contribution in [3.8, 4) is 5.75 Å². The van der Waals surface area contributed by atoms with Crippen LogP contribution in [0.15, 0.2) is 36.0 Å². The Morgan fingerprint density at radius 1 is 1.18 bits per heavy atom. The Hall–Kier alpha value is -1.85. The summed E-state index contributed by atoms with van der Waals surface area (Å²) < 4.78 is 10.7. The number of ketones is 1. The molecule has 0 amide bonds. The standard InChI is InChI=1S/C23H34N2O3/c1-22(2)16-20(25-12-14-28-15-13-25)19(23(3,4)24-22)10-11-21(26)17-6-8-18(27-5)9-7-17/h6-9,16,19,24H,10-15H2,1-5H3. The Kier molecular flexibility index (Phi) is 6.15. The summed E-state index contributed by atoms with van der Waals surface area (Å²) in [7, 11) is 1.63. The second kappa shape index (κ2) is 8.26. The van der Waals surface area contributed by atoms with E-state index in [9.17, 15) is 4.79 Å². The number of carbonyl (C=O) groups is 1. The molecule has 1 aromatic rings. The second-order valence-electron chi connectivity index (χ2n) is 8.98. The average molecular weight is 387 g/mol. The van der Waals surface area contributed by atoms with Gasteiger partial charge in [-0.25, -0.2) is 0 Å². The largest absolute Gasteiger partial charge is 0.497 e. The molecule has 0 bridgehead atoms. The van der Waals surface area contributed by atoms with Gasteiger partial charge < -0.3 is 19.7 Å². The number of morpholine rings is 1. The third kappa shape index (κ3) is 4.76. The fraction of sp³-hybridized carbons (Fsp3) is 0.609. The lowest BCUT2D eigenvalue weighted by molar-refractivity contribution is 0.0375. The van der Waals surface area contributed by atoms with Crippen molar-refractivity contribution in [2.45, 2.75) is 51.6 Å². The first kappa shape index (κ1) is 20.9. The van der Waals surface area contributed by atoms with Crippen molar-refractivity contribution < 1.29 is 14.3 Å². The minimum Gasteiger partial charge on any atom is -0.497 e. The molecule has 1 fully saturated rings. The third-order valence-electron chi connectivity index (χ3n) is 5.83. The summed E-state index contributed by atoms with van der Waals surface area (Å²) in [6, 6.07) is 7.41. The van der Waals surface area contributed by atoms with Gasteiger partial charge in [0.1, 0.15) is 5.75 Å². The first-order chi connectivity index (χ1) is 13.2. The molecule has 0 aromatic heterocycles. The lowest BCUT2D eigenvalue weighted by Crippen LogP contribution is -2.61. The van der Waals surface area contributed by atoms with E-state index in [1.807, 2.05) is 24.3 Å². The van der Waals surface area contributed by atoms with Gasteiger partial charge in [-0.1, -0.05) is 0 Å². The monoisotopic (exact) mass is 386 g/mol. The summed E-state index contributed by atoms with van der Waals surface area (Å²) in [6.45, 7) is 12.3. The zero-order valence-electron chi connectivity index (χ0n) is 17.9. The summed E-state index contributed by atoms with van der Waals surface area (Å²) in [5, 5.41) is 3.77. The molecular formula is C23H34N2O3. The van der Waals surface area contributed by atoms with Crippen LogP contribution < -0.4 is 10.1 Å². The van der Waals surface area contributed by atoms with Crippen molar-refractivity contribution in [3.05, 3.63) is 41.6 Å². The SMILES string of the molecule is COc1ccc(C(=O)CCC2C(N3CCOCC3)=CC(C)(C)NC2(C)C)cc1. The van der Waals surface area contributed by atoms with Crippen molar-refractivity contribution in [2.75, 3.05) is 33.4 Å². The fourth-order valence-electron chi connectivity index (χ4n) is 4.63. The highest BCUT2D eigenvalue weighted by atomic mass is 16.5. The van der Waals surface area contributed by atoms with E-state index in [2.05, 4.69) is 44.0 Å². The van der Waals surface area contributed by atoms with Gasteiger partial charge >= 0.3 is 0 Å². The number of hydrogen-bond donors (Lipinski definition) is 1. The van der Waals surface area contributed by atoms with Crippen LogP contribution in [0.5, 0.6) is 5.75 Å². The number of nitrogens with one attached hydrogen (secondary N) is 1. The molecule has 3 rings (SSSR count). The van der Waals surface area contributed by atoms with E-state index in [1.54, 1.807) is 7.11 Å². The molecule has 2 heterocycles.